The Kier molecular flexibility index (Phi) is 11.4. The third-order valence-electron chi connectivity index (χ3n) is 5.48. The minimum absolute atomic E-state index is 0.0855. The molecular weight excluding hydrogens is 484 g/mol. The molecule has 11 nitrogen and oxygen atoms in total. The molecule has 2 heterocycles. The van der Waals surface area contributed by atoms with Crippen molar-refractivity contribution in [3.63, 3.8) is 0 Å². The van der Waals surface area contributed by atoms with Crippen molar-refractivity contribution < 1.29 is 24.4 Å². The predicted octanol–water partition coefficient (Wildman–Crippen LogP) is 2.32. The Morgan fingerprint density at radius 3 is 2.42 bits per heavy atom. The van der Waals surface area contributed by atoms with E-state index < -0.39 is 35.7 Å². The van der Waals surface area contributed by atoms with E-state index in [2.05, 4.69) is 25.9 Å². The normalized spacial score (nSPS) is 13.5. The van der Waals surface area contributed by atoms with Crippen LogP contribution in [0.4, 0.5) is 5.13 Å². The number of pyridine rings is 1. The van der Waals surface area contributed by atoms with Crippen LogP contribution < -0.4 is 16.0 Å². The van der Waals surface area contributed by atoms with Crippen LogP contribution in [0.3, 0.4) is 0 Å². The van der Waals surface area contributed by atoms with Crippen LogP contribution in [0, 0.1) is 17.8 Å². The van der Waals surface area contributed by atoms with Crippen LogP contribution in [0.2, 0.25) is 0 Å². The molecule has 196 valence electrons. The lowest BCUT2D eigenvalue weighted by Gasteiger charge is -2.34. The van der Waals surface area contributed by atoms with Gasteiger partial charge in [-0.25, -0.2) is 10.0 Å². The second-order valence-corrected chi connectivity index (χ2v) is 10.00. The number of rotatable bonds is 14. The highest BCUT2D eigenvalue weighted by Crippen LogP contribution is 2.25. The maximum Gasteiger partial charge on any atom is 0.269 e. The molecule has 4 amide bonds. The monoisotopic (exact) mass is 518 g/mol. The molecule has 0 radical (unpaired) electrons. The fourth-order valence-electron chi connectivity index (χ4n) is 3.88. The van der Waals surface area contributed by atoms with Crippen molar-refractivity contribution in [3.05, 3.63) is 41.7 Å². The van der Waals surface area contributed by atoms with Gasteiger partial charge < -0.3 is 16.0 Å². The predicted molar refractivity (Wildman–Crippen MR) is 135 cm³/mol. The summed E-state index contributed by atoms with van der Waals surface area (Å²) in [4.78, 5) is 58.2. The molecule has 3 atom stereocenters. The molecule has 0 aliphatic heterocycles. The zero-order valence-corrected chi connectivity index (χ0v) is 21.7. The zero-order chi connectivity index (χ0) is 26.7. The van der Waals surface area contributed by atoms with Crippen LogP contribution in [-0.4, -0.2) is 63.0 Å². The van der Waals surface area contributed by atoms with Gasteiger partial charge in [-0.3, -0.25) is 29.4 Å². The van der Waals surface area contributed by atoms with Gasteiger partial charge in [-0.15, -0.1) is 11.3 Å². The SMILES string of the molecule is CC(C)C[C@@H](C(=O)N[C@@H](CCNC(=O)c1ccccn1)C(=O)Nc1nccs1)[C@H](C(C)C)N(O)C=O. The molecule has 2 aromatic heterocycles. The van der Waals surface area contributed by atoms with Crippen LogP contribution >= 0.6 is 11.3 Å². The van der Waals surface area contributed by atoms with Gasteiger partial charge >= 0.3 is 0 Å². The number of anilines is 1. The van der Waals surface area contributed by atoms with Crippen LogP contribution in [0.1, 0.15) is 51.0 Å². The van der Waals surface area contributed by atoms with E-state index in [-0.39, 0.29) is 36.9 Å². The molecule has 0 aliphatic carbocycles. The number of hydroxylamine groups is 2. The van der Waals surface area contributed by atoms with E-state index in [1.807, 2.05) is 13.8 Å². The lowest BCUT2D eigenvalue weighted by Crippen LogP contribution is -2.53. The molecule has 0 bridgehead atoms. The Morgan fingerprint density at radius 2 is 1.86 bits per heavy atom. The molecule has 0 aromatic carbocycles. The molecule has 0 fully saturated rings. The average Bonchev–Trinajstić information content (AvgIpc) is 3.35. The Hall–Kier alpha value is -3.38. The van der Waals surface area contributed by atoms with E-state index in [4.69, 9.17) is 0 Å². The number of hydrogen-bond donors (Lipinski definition) is 4. The van der Waals surface area contributed by atoms with Gasteiger partial charge in [0.2, 0.25) is 18.2 Å². The molecule has 2 rings (SSSR count). The lowest BCUT2D eigenvalue weighted by molar-refractivity contribution is -0.174. The van der Waals surface area contributed by atoms with Crippen molar-refractivity contribution in [2.24, 2.45) is 17.8 Å². The van der Waals surface area contributed by atoms with Crippen molar-refractivity contribution >= 4 is 40.6 Å². The van der Waals surface area contributed by atoms with Gasteiger partial charge in [0.05, 0.1) is 12.0 Å². The van der Waals surface area contributed by atoms with Gasteiger partial charge in [0.15, 0.2) is 5.13 Å². The lowest BCUT2D eigenvalue weighted by atomic mass is 9.83. The summed E-state index contributed by atoms with van der Waals surface area (Å²) < 4.78 is 0. The first-order chi connectivity index (χ1) is 17.1. The van der Waals surface area contributed by atoms with E-state index in [1.54, 1.807) is 43.6 Å². The minimum atomic E-state index is -1.00. The zero-order valence-electron chi connectivity index (χ0n) is 20.9. The van der Waals surface area contributed by atoms with Gasteiger partial charge in [-0.1, -0.05) is 33.8 Å². The maximum atomic E-state index is 13.4. The summed E-state index contributed by atoms with van der Waals surface area (Å²) in [5.74, 6) is -2.28. The first-order valence-corrected chi connectivity index (χ1v) is 12.6. The van der Waals surface area contributed by atoms with Crippen LogP contribution in [0.5, 0.6) is 0 Å². The second kappa shape index (κ2) is 14.2. The summed E-state index contributed by atoms with van der Waals surface area (Å²) in [6.07, 6.45) is 3.81. The van der Waals surface area contributed by atoms with Crippen molar-refractivity contribution in [1.82, 2.24) is 25.7 Å². The number of amides is 4. The number of nitrogens with zero attached hydrogens (tertiary/aromatic N) is 3. The number of carbonyl (C=O) groups excluding carboxylic acids is 4. The summed E-state index contributed by atoms with van der Waals surface area (Å²) in [6, 6.07) is 3.17. The molecule has 36 heavy (non-hydrogen) atoms. The molecule has 0 saturated carbocycles. The summed E-state index contributed by atoms with van der Waals surface area (Å²) in [5.41, 5.74) is 0.235. The number of hydrogen-bond acceptors (Lipinski definition) is 8. The average molecular weight is 519 g/mol. The minimum Gasteiger partial charge on any atom is -0.351 e. The molecule has 12 heteroatoms. The number of nitrogens with one attached hydrogen (secondary N) is 3. The maximum absolute atomic E-state index is 13.4. The molecule has 0 aliphatic rings. The van der Waals surface area contributed by atoms with E-state index in [0.29, 0.717) is 16.6 Å². The first-order valence-electron chi connectivity index (χ1n) is 11.8. The van der Waals surface area contributed by atoms with Gasteiger partial charge in [-0.05, 0) is 36.8 Å². The topological polar surface area (TPSA) is 154 Å². The Bertz CT molecular complexity index is 986. The van der Waals surface area contributed by atoms with Gasteiger partial charge in [0.25, 0.3) is 5.91 Å². The van der Waals surface area contributed by atoms with Gasteiger partial charge in [0, 0.05) is 24.3 Å². The van der Waals surface area contributed by atoms with Crippen molar-refractivity contribution in [2.45, 2.75) is 52.6 Å². The summed E-state index contributed by atoms with van der Waals surface area (Å²) >= 11 is 1.23. The first kappa shape index (κ1) is 28.9. The quantitative estimate of drug-likeness (QED) is 0.170. The van der Waals surface area contributed by atoms with E-state index in [9.17, 15) is 24.4 Å². The number of aromatic nitrogens is 2. The third-order valence-corrected chi connectivity index (χ3v) is 6.17. The molecular formula is C24H34N6O5S. The summed E-state index contributed by atoms with van der Waals surface area (Å²) in [5, 5.41) is 20.9. The highest BCUT2D eigenvalue weighted by atomic mass is 32.1. The highest BCUT2D eigenvalue weighted by molar-refractivity contribution is 7.13. The highest BCUT2D eigenvalue weighted by Gasteiger charge is 2.36. The van der Waals surface area contributed by atoms with Crippen molar-refractivity contribution in [1.29, 1.82) is 0 Å². The fraction of sp³-hybridized carbons (Fsp3) is 0.500. The smallest absolute Gasteiger partial charge is 0.269 e. The Balaban J connectivity index is 2.19. The number of thiazole rings is 1. The summed E-state index contributed by atoms with van der Waals surface area (Å²) in [7, 11) is 0. The molecule has 0 saturated heterocycles. The molecule has 2 aromatic rings. The van der Waals surface area contributed by atoms with Crippen molar-refractivity contribution in [2.75, 3.05) is 11.9 Å². The fourth-order valence-corrected chi connectivity index (χ4v) is 4.41. The van der Waals surface area contributed by atoms with E-state index >= 15 is 0 Å². The number of carbonyl (C=O) groups is 4. The van der Waals surface area contributed by atoms with Gasteiger partial charge in [-0.2, -0.15) is 0 Å². The standard InChI is InChI=1S/C24H34N6O5S/c1-15(2)13-17(20(16(3)4)30(35)14-31)21(32)28-19(23(34)29-24-27-11-12-36-24)8-10-26-22(33)18-7-5-6-9-25-18/h5-7,9,11-12,14-17,19-20,35H,8,10,13H2,1-4H3,(H,26,33)(H,28,32)(H,27,29,34)/t17-,19+,20+/m1/s1. The second-order valence-electron chi connectivity index (χ2n) is 9.10. The molecule has 0 unspecified atom stereocenters. The Morgan fingerprint density at radius 1 is 1.11 bits per heavy atom. The van der Waals surface area contributed by atoms with Crippen LogP contribution in [0.15, 0.2) is 36.0 Å². The molecule has 0 spiro atoms. The van der Waals surface area contributed by atoms with Crippen LogP contribution in [0.25, 0.3) is 0 Å². The van der Waals surface area contributed by atoms with Gasteiger partial charge in [0.1, 0.15) is 11.7 Å². The molecule has 4 N–H and O–H groups in total. The summed E-state index contributed by atoms with van der Waals surface area (Å²) in [6.45, 7) is 7.56. The Labute approximate surface area is 214 Å². The van der Waals surface area contributed by atoms with Crippen LogP contribution in [-0.2, 0) is 14.4 Å². The largest absolute Gasteiger partial charge is 0.351 e. The van der Waals surface area contributed by atoms with E-state index in [1.165, 1.54) is 17.5 Å². The van der Waals surface area contributed by atoms with Crippen molar-refractivity contribution in [3.8, 4) is 0 Å². The van der Waals surface area contributed by atoms with E-state index in [0.717, 1.165) is 0 Å². The third kappa shape index (κ3) is 8.68.